The number of nitrogens with one attached hydrogen (secondary N) is 1. The van der Waals surface area contributed by atoms with E-state index in [0.717, 1.165) is 0 Å². The van der Waals surface area contributed by atoms with E-state index >= 15 is 0 Å². The first-order chi connectivity index (χ1) is 9.97. The van der Waals surface area contributed by atoms with Crippen molar-refractivity contribution in [3.63, 3.8) is 0 Å². The van der Waals surface area contributed by atoms with Gasteiger partial charge in [-0.3, -0.25) is 4.79 Å². The minimum Gasteiger partial charge on any atom is -0.434 e. The van der Waals surface area contributed by atoms with Crippen LogP contribution < -0.4 is 10.1 Å². The van der Waals surface area contributed by atoms with Crippen molar-refractivity contribution in [1.82, 2.24) is 4.98 Å². The smallest absolute Gasteiger partial charge is 0.387 e. The van der Waals surface area contributed by atoms with Crippen molar-refractivity contribution in [2.45, 2.75) is 6.61 Å². The molecule has 0 fully saturated rings. The van der Waals surface area contributed by atoms with Crippen molar-refractivity contribution in [3.8, 4) is 5.75 Å². The molecule has 0 aliphatic heterocycles. The maximum atomic E-state index is 12.3. The molecule has 0 unspecified atom stereocenters. The summed E-state index contributed by atoms with van der Waals surface area (Å²) in [7, 11) is 0. The molecular weight excluding hydrogens is 370 g/mol. The SMILES string of the molecule is O=C(Nc1cnc(Cl)c(Br)c1)c1ccccc1OC(F)F. The van der Waals surface area contributed by atoms with Gasteiger partial charge < -0.3 is 10.1 Å². The molecule has 8 heteroatoms. The molecule has 1 amide bonds. The molecule has 21 heavy (non-hydrogen) atoms. The molecule has 0 saturated carbocycles. The highest BCUT2D eigenvalue weighted by atomic mass is 79.9. The van der Waals surface area contributed by atoms with Gasteiger partial charge in [-0.2, -0.15) is 8.78 Å². The molecule has 1 N–H and O–H groups in total. The molecule has 0 bridgehead atoms. The number of anilines is 1. The molecule has 2 rings (SSSR count). The van der Waals surface area contributed by atoms with E-state index < -0.39 is 12.5 Å². The maximum Gasteiger partial charge on any atom is 0.387 e. The number of benzene rings is 1. The molecule has 1 aromatic heterocycles. The highest BCUT2D eigenvalue weighted by Crippen LogP contribution is 2.25. The van der Waals surface area contributed by atoms with E-state index in [1.165, 1.54) is 24.4 Å². The van der Waals surface area contributed by atoms with E-state index in [1.807, 2.05) is 0 Å². The van der Waals surface area contributed by atoms with E-state index in [-0.39, 0.29) is 16.5 Å². The number of nitrogens with zero attached hydrogens (tertiary/aromatic N) is 1. The number of halogens is 4. The highest BCUT2D eigenvalue weighted by molar-refractivity contribution is 9.10. The molecule has 0 aliphatic rings. The molecular formula is C13H8BrClF2N2O2. The van der Waals surface area contributed by atoms with Crippen molar-refractivity contribution in [2.75, 3.05) is 5.32 Å². The molecule has 1 aromatic carbocycles. The quantitative estimate of drug-likeness (QED) is 0.806. The fraction of sp³-hybridized carbons (Fsp3) is 0.0769. The number of aromatic nitrogens is 1. The zero-order chi connectivity index (χ0) is 15.4. The van der Waals surface area contributed by atoms with Crippen LogP contribution in [0, 0.1) is 0 Å². The number of carbonyl (C=O) groups is 1. The third-order valence-electron chi connectivity index (χ3n) is 2.40. The first-order valence-corrected chi connectivity index (χ1v) is 6.80. The summed E-state index contributed by atoms with van der Waals surface area (Å²) >= 11 is 8.91. The number of para-hydroxylation sites is 1. The van der Waals surface area contributed by atoms with Gasteiger partial charge in [0.2, 0.25) is 0 Å². The Morgan fingerprint density at radius 2 is 2.10 bits per heavy atom. The second-order valence-electron chi connectivity index (χ2n) is 3.83. The molecule has 0 spiro atoms. The summed E-state index contributed by atoms with van der Waals surface area (Å²) in [6, 6.07) is 7.25. The Morgan fingerprint density at radius 3 is 2.76 bits per heavy atom. The van der Waals surface area contributed by atoms with Crippen LogP contribution in [0.15, 0.2) is 41.0 Å². The maximum absolute atomic E-state index is 12.3. The molecule has 4 nitrogen and oxygen atoms in total. The van der Waals surface area contributed by atoms with Crippen molar-refractivity contribution in [3.05, 3.63) is 51.7 Å². The number of hydrogen-bond acceptors (Lipinski definition) is 3. The van der Waals surface area contributed by atoms with Crippen molar-refractivity contribution in [2.24, 2.45) is 0 Å². The molecule has 1 heterocycles. The predicted molar refractivity (Wildman–Crippen MR) is 78.0 cm³/mol. The summed E-state index contributed by atoms with van der Waals surface area (Å²) < 4.78 is 29.4. The topological polar surface area (TPSA) is 51.2 Å². The average molecular weight is 378 g/mol. The fourth-order valence-corrected chi connectivity index (χ4v) is 1.99. The third kappa shape index (κ3) is 4.12. The second kappa shape index (κ2) is 6.82. The molecule has 0 saturated heterocycles. The van der Waals surface area contributed by atoms with Crippen LogP contribution in [-0.4, -0.2) is 17.5 Å². The number of hydrogen-bond donors (Lipinski definition) is 1. The van der Waals surface area contributed by atoms with Gasteiger partial charge in [0.25, 0.3) is 5.91 Å². The lowest BCUT2D eigenvalue weighted by Crippen LogP contribution is -2.15. The average Bonchev–Trinajstić information content (AvgIpc) is 2.43. The Labute approximate surface area is 132 Å². The minimum atomic E-state index is -3.01. The third-order valence-corrected chi connectivity index (χ3v) is 3.54. The first kappa shape index (κ1) is 15.7. The van der Waals surface area contributed by atoms with E-state index in [9.17, 15) is 13.6 Å². The van der Waals surface area contributed by atoms with Gasteiger partial charge in [0.05, 0.1) is 21.9 Å². The number of alkyl halides is 2. The van der Waals surface area contributed by atoms with Gasteiger partial charge in [-0.15, -0.1) is 0 Å². The lowest BCUT2D eigenvalue weighted by atomic mass is 10.2. The standard InChI is InChI=1S/C13H8BrClF2N2O2/c14-9-5-7(6-18-11(9)15)19-12(20)8-3-1-2-4-10(8)21-13(16)17/h1-6,13H,(H,19,20). The number of amides is 1. The van der Waals surface area contributed by atoms with E-state index in [2.05, 4.69) is 31.0 Å². The Kier molecular flexibility index (Phi) is 5.08. The van der Waals surface area contributed by atoms with Crippen LogP contribution in [0.25, 0.3) is 0 Å². The Hall–Kier alpha value is -1.73. The fourth-order valence-electron chi connectivity index (χ4n) is 1.54. The van der Waals surface area contributed by atoms with Gasteiger partial charge >= 0.3 is 6.61 Å². The summed E-state index contributed by atoms with van der Waals surface area (Å²) in [5, 5.41) is 2.77. The van der Waals surface area contributed by atoms with E-state index in [1.54, 1.807) is 12.1 Å². The zero-order valence-electron chi connectivity index (χ0n) is 10.3. The van der Waals surface area contributed by atoms with Crippen LogP contribution in [0.5, 0.6) is 5.75 Å². The van der Waals surface area contributed by atoms with Gasteiger partial charge in [0.15, 0.2) is 0 Å². The number of rotatable bonds is 4. The van der Waals surface area contributed by atoms with Gasteiger partial charge in [-0.05, 0) is 34.1 Å². The summed E-state index contributed by atoms with van der Waals surface area (Å²) in [5.41, 5.74) is 0.354. The van der Waals surface area contributed by atoms with Gasteiger partial charge in [-0.1, -0.05) is 23.7 Å². The summed E-state index contributed by atoms with van der Waals surface area (Å²) in [4.78, 5) is 15.9. The second-order valence-corrected chi connectivity index (χ2v) is 5.04. The van der Waals surface area contributed by atoms with Crippen LogP contribution in [0.4, 0.5) is 14.5 Å². The van der Waals surface area contributed by atoms with Gasteiger partial charge in [0.1, 0.15) is 10.9 Å². The molecule has 0 atom stereocenters. The van der Waals surface area contributed by atoms with E-state index in [4.69, 9.17) is 11.6 Å². The normalized spacial score (nSPS) is 10.5. The Balaban J connectivity index is 2.22. The summed E-state index contributed by atoms with van der Waals surface area (Å²) in [6.45, 7) is -3.01. The van der Waals surface area contributed by atoms with E-state index in [0.29, 0.717) is 10.2 Å². The first-order valence-electron chi connectivity index (χ1n) is 5.63. The van der Waals surface area contributed by atoms with Crippen molar-refractivity contribution in [1.29, 1.82) is 0 Å². The van der Waals surface area contributed by atoms with Gasteiger partial charge in [-0.25, -0.2) is 4.98 Å². The van der Waals surface area contributed by atoms with Crippen molar-refractivity contribution < 1.29 is 18.3 Å². The lowest BCUT2D eigenvalue weighted by molar-refractivity contribution is -0.0501. The molecule has 0 aliphatic carbocycles. The molecule has 0 radical (unpaired) electrons. The van der Waals surface area contributed by atoms with Crippen LogP contribution in [-0.2, 0) is 0 Å². The summed E-state index contributed by atoms with van der Waals surface area (Å²) in [5.74, 6) is -0.798. The lowest BCUT2D eigenvalue weighted by Gasteiger charge is -2.11. The Bertz CT molecular complexity index is 670. The number of ether oxygens (including phenoxy) is 1. The number of pyridine rings is 1. The largest absolute Gasteiger partial charge is 0.434 e. The Morgan fingerprint density at radius 1 is 1.38 bits per heavy atom. The minimum absolute atomic E-state index is 0.0103. The van der Waals surface area contributed by atoms with Crippen LogP contribution in [0.1, 0.15) is 10.4 Å². The summed E-state index contributed by atoms with van der Waals surface area (Å²) in [6.07, 6.45) is 1.35. The highest BCUT2D eigenvalue weighted by Gasteiger charge is 2.15. The van der Waals surface area contributed by atoms with Gasteiger partial charge in [0, 0.05) is 0 Å². The van der Waals surface area contributed by atoms with Crippen molar-refractivity contribution >= 4 is 39.1 Å². The van der Waals surface area contributed by atoms with Crippen LogP contribution in [0.3, 0.4) is 0 Å². The number of carbonyl (C=O) groups excluding carboxylic acids is 1. The monoisotopic (exact) mass is 376 g/mol. The molecule has 2 aromatic rings. The molecule has 110 valence electrons. The predicted octanol–water partition coefficient (Wildman–Crippen LogP) is 4.35. The van der Waals surface area contributed by atoms with Crippen LogP contribution >= 0.6 is 27.5 Å². The van der Waals surface area contributed by atoms with Crippen LogP contribution in [0.2, 0.25) is 5.15 Å². The zero-order valence-corrected chi connectivity index (χ0v) is 12.7.